The molecule has 2 heterocycles. The summed E-state index contributed by atoms with van der Waals surface area (Å²) in [7, 11) is 0. The first-order valence-electron chi connectivity index (χ1n) is 23.9. The molecule has 1 saturated carbocycles. The van der Waals surface area contributed by atoms with Gasteiger partial charge in [-0.2, -0.15) is 0 Å². The summed E-state index contributed by atoms with van der Waals surface area (Å²) in [5.74, 6) is 3.29. The quantitative estimate of drug-likeness (QED) is 0.201. The fourth-order valence-electron chi connectivity index (χ4n) is 12.3. The van der Waals surface area contributed by atoms with Crippen LogP contribution in [0.5, 0.6) is 0 Å². The van der Waals surface area contributed by atoms with Gasteiger partial charge in [-0.05, 0) is 137 Å². The van der Waals surface area contributed by atoms with Crippen molar-refractivity contribution in [2.24, 2.45) is 33.2 Å². The lowest BCUT2D eigenvalue weighted by molar-refractivity contribution is 0.321. The van der Waals surface area contributed by atoms with E-state index in [2.05, 4.69) is 189 Å². The summed E-state index contributed by atoms with van der Waals surface area (Å²) in [5.41, 5.74) is 18.2. The minimum atomic E-state index is -0.662. The highest BCUT2D eigenvalue weighted by Crippen LogP contribution is 2.60. The maximum atomic E-state index is 5.15. The molecule has 8 aliphatic rings. The molecule has 4 aromatic rings. The van der Waals surface area contributed by atoms with Crippen molar-refractivity contribution in [1.82, 2.24) is 5.32 Å². The molecule has 5 unspecified atom stereocenters. The van der Waals surface area contributed by atoms with Crippen molar-refractivity contribution in [3.05, 3.63) is 244 Å². The first-order chi connectivity index (χ1) is 31.8. The molecule has 5 atom stereocenters. The van der Waals surface area contributed by atoms with Crippen molar-refractivity contribution < 1.29 is 0 Å². The average Bonchev–Trinajstić information content (AvgIpc) is 3.82. The van der Waals surface area contributed by atoms with E-state index in [4.69, 9.17) is 9.98 Å². The predicted octanol–water partition coefficient (Wildman–Crippen LogP) is 14.0. The molecule has 4 heteroatoms. The highest BCUT2D eigenvalue weighted by molar-refractivity contribution is 6.13. The van der Waals surface area contributed by atoms with Gasteiger partial charge in [0.2, 0.25) is 0 Å². The standard InChI is InChI=1S/C61H56N4/c1-60(2)54-26-12-10-22-50(54)53-25-15-24-49(57(53)60)46-19-14-18-44(38-46)45-34-37-52-51-23-11-13-27-55(51)65(56(52)39-45)48-35-32-41(33-36-48)40-28-30-43(31-29-40)59-62-58(42-16-6-4-7-17-42)63-61(3,64-59)47-20-8-5-9-21-47/h4-10,12-13,15-17,19-22,24,26-38,50,53-54,56H,11,14,18,23,25,39H2,1-3H3,(H,62,63,64). The molecule has 2 aliphatic heterocycles. The lowest BCUT2D eigenvalue weighted by Gasteiger charge is -2.34. The third-order valence-electron chi connectivity index (χ3n) is 15.6. The topological polar surface area (TPSA) is 40.0 Å². The van der Waals surface area contributed by atoms with Gasteiger partial charge in [0, 0.05) is 22.5 Å². The number of anilines is 1. The van der Waals surface area contributed by atoms with Gasteiger partial charge in [0.15, 0.2) is 11.5 Å². The van der Waals surface area contributed by atoms with Crippen LogP contribution in [0.3, 0.4) is 0 Å². The van der Waals surface area contributed by atoms with Crippen molar-refractivity contribution in [2.45, 2.75) is 71.0 Å². The van der Waals surface area contributed by atoms with E-state index in [1.54, 1.807) is 5.57 Å². The Kier molecular flexibility index (Phi) is 9.63. The van der Waals surface area contributed by atoms with Crippen LogP contribution in [0.25, 0.3) is 11.1 Å². The maximum absolute atomic E-state index is 5.15. The van der Waals surface area contributed by atoms with Gasteiger partial charge in [0.25, 0.3) is 0 Å². The molecule has 0 aromatic heterocycles. The van der Waals surface area contributed by atoms with Gasteiger partial charge in [-0.25, -0.2) is 9.98 Å². The largest absolute Gasteiger partial charge is 0.342 e. The summed E-state index contributed by atoms with van der Waals surface area (Å²) >= 11 is 0. The van der Waals surface area contributed by atoms with Crippen LogP contribution in [0.4, 0.5) is 5.69 Å². The number of rotatable bonds is 7. The Morgan fingerprint density at radius 1 is 0.692 bits per heavy atom. The number of fused-ring (bicyclic) bond motifs is 5. The van der Waals surface area contributed by atoms with E-state index in [0.717, 1.165) is 66.9 Å². The number of allylic oxidation sites excluding steroid dienone is 16. The highest BCUT2D eigenvalue weighted by Gasteiger charge is 2.51. The molecule has 65 heavy (non-hydrogen) atoms. The van der Waals surface area contributed by atoms with Gasteiger partial charge in [-0.3, -0.25) is 0 Å². The predicted molar refractivity (Wildman–Crippen MR) is 269 cm³/mol. The summed E-state index contributed by atoms with van der Waals surface area (Å²) in [5, 5.41) is 3.69. The second-order valence-electron chi connectivity index (χ2n) is 19.7. The van der Waals surface area contributed by atoms with Crippen LogP contribution in [0, 0.1) is 23.2 Å². The Balaban J connectivity index is 0.810. The smallest absolute Gasteiger partial charge is 0.159 e. The van der Waals surface area contributed by atoms with Crippen LogP contribution < -0.4 is 10.2 Å². The molecule has 0 spiro atoms. The second-order valence-corrected chi connectivity index (χ2v) is 19.7. The van der Waals surface area contributed by atoms with Crippen molar-refractivity contribution in [3.8, 4) is 11.1 Å². The fourth-order valence-corrected chi connectivity index (χ4v) is 12.3. The summed E-state index contributed by atoms with van der Waals surface area (Å²) in [4.78, 5) is 12.9. The zero-order chi connectivity index (χ0) is 43.7. The Labute approximate surface area is 384 Å². The van der Waals surface area contributed by atoms with Crippen molar-refractivity contribution in [3.63, 3.8) is 0 Å². The number of benzene rings is 4. The second kappa shape index (κ2) is 15.7. The number of nitrogens with one attached hydrogen (secondary N) is 1. The molecule has 320 valence electrons. The van der Waals surface area contributed by atoms with Gasteiger partial charge in [-0.15, -0.1) is 0 Å². The number of hydrogen-bond acceptors (Lipinski definition) is 4. The number of amidine groups is 2. The molecule has 0 bridgehead atoms. The summed E-state index contributed by atoms with van der Waals surface area (Å²) in [6.45, 7) is 7.12. The van der Waals surface area contributed by atoms with E-state index in [-0.39, 0.29) is 11.5 Å². The Hall–Kier alpha value is -6.78. The van der Waals surface area contributed by atoms with E-state index in [1.165, 1.54) is 55.9 Å². The summed E-state index contributed by atoms with van der Waals surface area (Å²) in [6.07, 6.45) is 35.7. The Bertz CT molecular complexity index is 2970. The fraction of sp³-hybridized carbons (Fsp3) is 0.246. The van der Waals surface area contributed by atoms with Crippen LogP contribution in [-0.4, -0.2) is 17.7 Å². The third kappa shape index (κ3) is 6.80. The third-order valence-corrected chi connectivity index (χ3v) is 15.6. The first kappa shape index (κ1) is 39.8. The molecule has 0 amide bonds. The summed E-state index contributed by atoms with van der Waals surface area (Å²) < 4.78 is 0. The monoisotopic (exact) mass is 844 g/mol. The number of nitrogens with zero attached hydrogens (tertiary/aromatic N) is 3. The molecule has 4 aromatic carbocycles. The molecule has 12 rings (SSSR count). The minimum Gasteiger partial charge on any atom is -0.342 e. The van der Waals surface area contributed by atoms with Crippen LogP contribution in [0.2, 0.25) is 0 Å². The van der Waals surface area contributed by atoms with Gasteiger partial charge >= 0.3 is 0 Å². The Morgan fingerprint density at radius 2 is 1.43 bits per heavy atom. The minimum absolute atomic E-state index is 0.141. The lowest BCUT2D eigenvalue weighted by Crippen LogP contribution is -2.46. The number of hydrogen-bond donors (Lipinski definition) is 1. The molecule has 0 saturated heterocycles. The lowest BCUT2D eigenvalue weighted by atomic mass is 9.72. The van der Waals surface area contributed by atoms with Crippen molar-refractivity contribution in [1.29, 1.82) is 0 Å². The maximum Gasteiger partial charge on any atom is 0.159 e. The SMILES string of the molecule is CC1(c2ccccc2)N=C(c2ccccc2)N=C(c2ccc(-c3ccc(N4C5=C(CCC=C5)C5=CC=C(C6=CC(C7=C8C(CC=C7)C7C=CC=CC7C8(C)C)=CCC6)CC54)cc3)cc2)N1. The van der Waals surface area contributed by atoms with E-state index < -0.39 is 5.66 Å². The molecule has 0 radical (unpaired) electrons. The molecular weight excluding hydrogens is 789 g/mol. The van der Waals surface area contributed by atoms with Crippen LogP contribution in [-0.2, 0) is 5.66 Å². The van der Waals surface area contributed by atoms with Gasteiger partial charge in [0.05, 0.1) is 6.04 Å². The molecule has 1 fully saturated rings. The Morgan fingerprint density at radius 3 is 2.23 bits per heavy atom. The highest BCUT2D eigenvalue weighted by atomic mass is 15.2. The zero-order valence-corrected chi connectivity index (χ0v) is 37.7. The van der Waals surface area contributed by atoms with Crippen LogP contribution in [0.15, 0.2) is 237 Å². The van der Waals surface area contributed by atoms with Gasteiger partial charge in [0.1, 0.15) is 5.84 Å². The van der Waals surface area contributed by atoms with Crippen molar-refractivity contribution >= 4 is 17.4 Å². The van der Waals surface area contributed by atoms with E-state index in [1.807, 2.05) is 24.3 Å². The van der Waals surface area contributed by atoms with Crippen LogP contribution >= 0.6 is 0 Å². The normalized spacial score (nSPS) is 27.1. The summed E-state index contributed by atoms with van der Waals surface area (Å²) in [6, 6.07) is 39.1. The van der Waals surface area contributed by atoms with Crippen molar-refractivity contribution in [2.75, 3.05) is 4.90 Å². The zero-order valence-electron chi connectivity index (χ0n) is 37.7. The number of aliphatic imine (C=N–C) groups is 2. The molecule has 1 N–H and O–H groups in total. The molecule has 4 nitrogen and oxygen atoms in total. The van der Waals surface area contributed by atoms with Gasteiger partial charge in [-0.1, -0.05) is 183 Å². The first-order valence-corrected chi connectivity index (χ1v) is 23.9. The molecule has 6 aliphatic carbocycles. The van der Waals surface area contributed by atoms with E-state index in [9.17, 15) is 0 Å². The van der Waals surface area contributed by atoms with E-state index >= 15 is 0 Å². The average molecular weight is 845 g/mol. The van der Waals surface area contributed by atoms with Crippen LogP contribution in [0.1, 0.15) is 76.0 Å². The van der Waals surface area contributed by atoms with E-state index in [0.29, 0.717) is 17.8 Å². The van der Waals surface area contributed by atoms with Gasteiger partial charge < -0.3 is 10.2 Å². The molecular formula is C61H56N4.